The standard InChI is InChI=1S/C15H8BrFN2O3/c16-9-2-4-13-18-6-12(19(13)7-9)14(20)10-3-1-8(15(21)22)5-11(10)17/h1-7H,(H,21,22). The Balaban J connectivity index is 2.10. The molecule has 0 fully saturated rings. The van der Waals surface area contributed by atoms with Crippen molar-refractivity contribution in [3.63, 3.8) is 0 Å². The smallest absolute Gasteiger partial charge is 0.335 e. The normalized spacial score (nSPS) is 10.8. The van der Waals surface area contributed by atoms with E-state index in [1.807, 2.05) is 0 Å². The van der Waals surface area contributed by atoms with Crippen LogP contribution in [0.2, 0.25) is 0 Å². The molecule has 0 bridgehead atoms. The largest absolute Gasteiger partial charge is 0.478 e. The molecule has 0 radical (unpaired) electrons. The number of halogens is 2. The fourth-order valence-electron chi connectivity index (χ4n) is 2.09. The van der Waals surface area contributed by atoms with Crippen molar-refractivity contribution in [1.29, 1.82) is 0 Å². The monoisotopic (exact) mass is 362 g/mol. The summed E-state index contributed by atoms with van der Waals surface area (Å²) in [5.41, 5.74) is 0.328. The van der Waals surface area contributed by atoms with E-state index in [1.165, 1.54) is 22.7 Å². The van der Waals surface area contributed by atoms with Crippen LogP contribution < -0.4 is 0 Å². The molecular formula is C15H8BrFN2O3. The van der Waals surface area contributed by atoms with Crippen molar-refractivity contribution < 1.29 is 19.1 Å². The summed E-state index contributed by atoms with van der Waals surface area (Å²) in [6.45, 7) is 0. The van der Waals surface area contributed by atoms with Gasteiger partial charge in [0.1, 0.15) is 17.2 Å². The van der Waals surface area contributed by atoms with Crippen molar-refractivity contribution >= 4 is 33.3 Å². The summed E-state index contributed by atoms with van der Waals surface area (Å²) in [4.78, 5) is 27.4. The number of carbonyl (C=O) groups is 2. The lowest BCUT2D eigenvalue weighted by atomic mass is 10.1. The van der Waals surface area contributed by atoms with Crippen LogP contribution in [0.25, 0.3) is 5.65 Å². The number of nitrogens with zero attached hydrogens (tertiary/aromatic N) is 2. The van der Waals surface area contributed by atoms with Crippen LogP contribution in [0, 0.1) is 5.82 Å². The second-order valence-corrected chi connectivity index (χ2v) is 5.46. The molecule has 0 saturated carbocycles. The molecule has 0 atom stereocenters. The van der Waals surface area contributed by atoms with E-state index in [0.717, 1.165) is 10.5 Å². The molecule has 0 saturated heterocycles. The Labute approximate surface area is 132 Å². The summed E-state index contributed by atoms with van der Waals surface area (Å²) in [5.74, 6) is -2.70. The first-order valence-electron chi connectivity index (χ1n) is 6.17. The van der Waals surface area contributed by atoms with E-state index in [2.05, 4.69) is 20.9 Å². The summed E-state index contributed by atoms with van der Waals surface area (Å²) >= 11 is 3.30. The van der Waals surface area contributed by atoms with Gasteiger partial charge in [-0.15, -0.1) is 0 Å². The highest BCUT2D eigenvalue weighted by atomic mass is 79.9. The van der Waals surface area contributed by atoms with Gasteiger partial charge in [-0.25, -0.2) is 14.2 Å². The first-order valence-corrected chi connectivity index (χ1v) is 6.97. The molecule has 0 spiro atoms. The molecule has 5 nitrogen and oxygen atoms in total. The topological polar surface area (TPSA) is 71.7 Å². The van der Waals surface area contributed by atoms with Gasteiger partial charge in [0.25, 0.3) is 0 Å². The third-order valence-electron chi connectivity index (χ3n) is 3.16. The highest BCUT2D eigenvalue weighted by Gasteiger charge is 2.19. The van der Waals surface area contributed by atoms with Gasteiger partial charge in [-0.3, -0.25) is 9.20 Å². The van der Waals surface area contributed by atoms with E-state index >= 15 is 0 Å². The van der Waals surface area contributed by atoms with Gasteiger partial charge in [-0.05, 0) is 46.3 Å². The molecule has 0 aliphatic heterocycles. The van der Waals surface area contributed by atoms with Crippen molar-refractivity contribution in [3.8, 4) is 0 Å². The molecule has 2 aromatic heterocycles. The van der Waals surface area contributed by atoms with Crippen molar-refractivity contribution in [2.75, 3.05) is 0 Å². The SMILES string of the molecule is O=C(O)c1ccc(C(=O)c2cnc3ccc(Br)cn23)c(F)c1. The molecular weight excluding hydrogens is 355 g/mol. The Morgan fingerprint density at radius 1 is 1.23 bits per heavy atom. The summed E-state index contributed by atoms with van der Waals surface area (Å²) in [7, 11) is 0. The Kier molecular flexibility index (Phi) is 3.50. The van der Waals surface area contributed by atoms with Crippen LogP contribution in [0.5, 0.6) is 0 Å². The maximum absolute atomic E-state index is 14.0. The number of rotatable bonds is 3. The minimum Gasteiger partial charge on any atom is -0.478 e. The number of aromatic carboxylic acids is 1. The number of hydrogen-bond acceptors (Lipinski definition) is 3. The van der Waals surface area contributed by atoms with E-state index in [0.29, 0.717) is 5.65 Å². The molecule has 3 rings (SSSR count). The van der Waals surface area contributed by atoms with E-state index in [9.17, 15) is 14.0 Å². The van der Waals surface area contributed by atoms with E-state index < -0.39 is 17.6 Å². The maximum Gasteiger partial charge on any atom is 0.335 e. The lowest BCUT2D eigenvalue weighted by Gasteiger charge is -2.04. The summed E-state index contributed by atoms with van der Waals surface area (Å²) in [6, 6.07) is 6.68. The number of pyridine rings is 1. The summed E-state index contributed by atoms with van der Waals surface area (Å²) in [6.07, 6.45) is 3.01. The number of benzene rings is 1. The number of imidazole rings is 1. The fourth-order valence-corrected chi connectivity index (χ4v) is 2.43. The number of hydrogen-bond donors (Lipinski definition) is 1. The predicted octanol–water partition coefficient (Wildman–Crippen LogP) is 3.17. The van der Waals surface area contributed by atoms with Crippen LogP contribution in [0.4, 0.5) is 4.39 Å². The Hall–Kier alpha value is -2.54. The number of carboxylic acids is 1. The van der Waals surface area contributed by atoms with Gasteiger partial charge in [0.2, 0.25) is 5.78 Å². The number of carbonyl (C=O) groups excluding carboxylic acids is 1. The quantitative estimate of drug-likeness (QED) is 0.726. The molecule has 2 heterocycles. The minimum absolute atomic E-state index is 0.193. The third kappa shape index (κ3) is 2.39. The average molecular weight is 363 g/mol. The van der Waals surface area contributed by atoms with Crippen LogP contribution in [0.1, 0.15) is 26.4 Å². The lowest BCUT2D eigenvalue weighted by Crippen LogP contribution is -2.09. The van der Waals surface area contributed by atoms with Gasteiger partial charge >= 0.3 is 5.97 Å². The van der Waals surface area contributed by atoms with Gasteiger partial charge in [-0.2, -0.15) is 0 Å². The highest BCUT2D eigenvalue weighted by molar-refractivity contribution is 9.10. The molecule has 1 aromatic carbocycles. The third-order valence-corrected chi connectivity index (χ3v) is 3.63. The summed E-state index contributed by atoms with van der Waals surface area (Å²) in [5, 5.41) is 8.82. The van der Waals surface area contributed by atoms with Crippen LogP contribution in [-0.2, 0) is 0 Å². The van der Waals surface area contributed by atoms with Crippen LogP contribution in [0.3, 0.4) is 0 Å². The van der Waals surface area contributed by atoms with Gasteiger partial charge < -0.3 is 5.11 Å². The maximum atomic E-state index is 14.0. The first-order chi connectivity index (χ1) is 10.5. The van der Waals surface area contributed by atoms with Crippen LogP contribution >= 0.6 is 15.9 Å². The second-order valence-electron chi connectivity index (χ2n) is 4.55. The van der Waals surface area contributed by atoms with Gasteiger partial charge in [0.15, 0.2) is 0 Å². The van der Waals surface area contributed by atoms with Crippen molar-refractivity contribution in [2.45, 2.75) is 0 Å². The Bertz CT molecular complexity index is 920. The lowest BCUT2D eigenvalue weighted by molar-refractivity contribution is 0.0695. The first kappa shape index (κ1) is 14.4. The predicted molar refractivity (Wildman–Crippen MR) is 79.7 cm³/mol. The minimum atomic E-state index is -1.25. The number of ketones is 1. The molecule has 1 N–H and O–H groups in total. The van der Waals surface area contributed by atoms with E-state index in [1.54, 1.807) is 18.3 Å². The summed E-state index contributed by atoms with van der Waals surface area (Å²) < 4.78 is 16.3. The van der Waals surface area contributed by atoms with Crippen molar-refractivity contribution in [1.82, 2.24) is 9.38 Å². The number of fused-ring (bicyclic) bond motifs is 1. The molecule has 0 amide bonds. The molecule has 22 heavy (non-hydrogen) atoms. The average Bonchev–Trinajstić information content (AvgIpc) is 2.89. The van der Waals surface area contributed by atoms with Crippen molar-refractivity contribution in [2.24, 2.45) is 0 Å². The van der Waals surface area contributed by atoms with Gasteiger partial charge in [-0.1, -0.05) is 0 Å². The zero-order valence-corrected chi connectivity index (χ0v) is 12.5. The molecule has 0 unspecified atom stereocenters. The van der Waals surface area contributed by atoms with Gasteiger partial charge in [0.05, 0.1) is 17.3 Å². The molecule has 0 aliphatic carbocycles. The fraction of sp³-hybridized carbons (Fsp3) is 0. The van der Waals surface area contributed by atoms with Crippen molar-refractivity contribution in [3.05, 3.63) is 69.8 Å². The van der Waals surface area contributed by atoms with E-state index in [-0.39, 0.29) is 16.8 Å². The van der Waals surface area contributed by atoms with Gasteiger partial charge in [0, 0.05) is 10.7 Å². The zero-order chi connectivity index (χ0) is 15.9. The zero-order valence-electron chi connectivity index (χ0n) is 11.0. The highest BCUT2D eigenvalue weighted by Crippen LogP contribution is 2.19. The molecule has 0 aliphatic rings. The molecule has 110 valence electrons. The van der Waals surface area contributed by atoms with Crippen LogP contribution in [-0.4, -0.2) is 26.2 Å². The molecule has 7 heteroatoms. The second kappa shape index (κ2) is 5.34. The van der Waals surface area contributed by atoms with E-state index in [4.69, 9.17) is 5.11 Å². The Morgan fingerprint density at radius 3 is 2.68 bits per heavy atom. The molecule has 3 aromatic rings. The Morgan fingerprint density at radius 2 is 2.00 bits per heavy atom. The van der Waals surface area contributed by atoms with Crippen LogP contribution in [0.15, 0.2) is 47.2 Å². The number of carboxylic acid groups (broad SMARTS) is 1. The number of aromatic nitrogens is 2.